The van der Waals surface area contributed by atoms with E-state index in [1.54, 1.807) is 22.0 Å². The number of carbonyl (C=O) groups is 2. The number of rotatable bonds is 7. The van der Waals surface area contributed by atoms with E-state index in [4.69, 9.17) is 4.74 Å². The maximum Gasteiger partial charge on any atom is 0.259 e. The van der Waals surface area contributed by atoms with Crippen molar-refractivity contribution >= 4 is 23.2 Å². The zero-order valence-corrected chi connectivity index (χ0v) is 20.6. The van der Waals surface area contributed by atoms with E-state index in [2.05, 4.69) is 18.8 Å². The van der Waals surface area contributed by atoms with Gasteiger partial charge in [0.2, 0.25) is 5.91 Å². The van der Waals surface area contributed by atoms with Crippen molar-refractivity contribution in [3.8, 4) is 5.75 Å². The van der Waals surface area contributed by atoms with Gasteiger partial charge in [-0.3, -0.25) is 14.4 Å². The Bertz CT molecular complexity index is 1090. The van der Waals surface area contributed by atoms with Crippen LogP contribution in [-0.4, -0.2) is 58.4 Å². The minimum absolute atomic E-state index is 0.0744. The highest BCUT2D eigenvalue weighted by Crippen LogP contribution is 2.58. The first-order chi connectivity index (χ1) is 15.8. The van der Waals surface area contributed by atoms with E-state index in [0.29, 0.717) is 43.9 Å². The fraction of sp³-hybridized carbons (Fsp3) is 0.583. The number of aromatic nitrogens is 2. The molecule has 2 amide bonds. The molecule has 1 unspecified atom stereocenters. The van der Waals surface area contributed by atoms with Crippen molar-refractivity contribution in [3.63, 3.8) is 0 Å². The largest absolute Gasteiger partial charge is 0.496 e. The molecule has 0 saturated heterocycles. The zero-order valence-electron chi connectivity index (χ0n) is 19.8. The van der Waals surface area contributed by atoms with Gasteiger partial charge in [0.25, 0.3) is 11.5 Å². The van der Waals surface area contributed by atoms with Crippen LogP contribution in [0.3, 0.4) is 0 Å². The first kappa shape index (κ1) is 23.5. The van der Waals surface area contributed by atoms with Gasteiger partial charge in [0.05, 0.1) is 24.9 Å². The molecule has 1 atom stereocenters. The molecule has 1 saturated carbocycles. The van der Waals surface area contributed by atoms with E-state index < -0.39 is 0 Å². The third kappa shape index (κ3) is 4.30. The third-order valence-electron chi connectivity index (χ3n) is 7.46. The van der Waals surface area contributed by atoms with Crippen molar-refractivity contribution in [1.82, 2.24) is 19.4 Å². The lowest BCUT2D eigenvalue weighted by Gasteiger charge is -2.22. The Labute approximate surface area is 198 Å². The number of hydrogen-bond donors (Lipinski definition) is 0. The highest BCUT2D eigenvalue weighted by atomic mass is 32.1. The van der Waals surface area contributed by atoms with Crippen LogP contribution in [0.25, 0.3) is 0 Å². The van der Waals surface area contributed by atoms with Crippen molar-refractivity contribution in [2.24, 2.45) is 11.3 Å². The summed E-state index contributed by atoms with van der Waals surface area (Å²) >= 11 is 1.48. The quantitative estimate of drug-likeness (QED) is 0.619. The molecule has 0 aromatic carbocycles. The molecule has 0 spiro atoms. The van der Waals surface area contributed by atoms with Crippen LogP contribution < -0.4 is 10.3 Å². The van der Waals surface area contributed by atoms with E-state index in [9.17, 15) is 14.4 Å². The summed E-state index contributed by atoms with van der Waals surface area (Å²) in [6, 6.07) is 1.38. The van der Waals surface area contributed by atoms with Gasteiger partial charge in [-0.15, -0.1) is 11.3 Å². The monoisotopic (exact) mass is 472 g/mol. The molecule has 1 aliphatic heterocycles. The molecule has 9 heteroatoms. The summed E-state index contributed by atoms with van der Waals surface area (Å²) in [5, 5.41) is 1.91. The Hall–Kier alpha value is -2.68. The van der Waals surface area contributed by atoms with Crippen LogP contribution in [0.2, 0.25) is 0 Å². The van der Waals surface area contributed by atoms with Gasteiger partial charge >= 0.3 is 0 Å². The summed E-state index contributed by atoms with van der Waals surface area (Å²) < 4.78 is 7.10. The third-order valence-corrected chi connectivity index (χ3v) is 8.10. The summed E-state index contributed by atoms with van der Waals surface area (Å²) in [5.41, 5.74) is 3.50. The molecular formula is C24H32N4O4S. The average molecular weight is 473 g/mol. The first-order valence-electron chi connectivity index (χ1n) is 11.6. The van der Waals surface area contributed by atoms with Crippen molar-refractivity contribution in [1.29, 1.82) is 0 Å². The standard InChI is InChI=1S/C24H32N4O4S/c1-5-24(6-2)12-17(24)22(30)27-8-7-18-21(19(32-4)11-20(29)28(18)10-9-27)23(31)26(3)13-16-14-33-15-25-16/h11,14-15,17H,5-10,12-13H2,1-4H3. The maximum atomic E-state index is 13.5. The Kier molecular flexibility index (Phi) is 6.61. The predicted octanol–water partition coefficient (Wildman–Crippen LogP) is 2.80. The zero-order chi connectivity index (χ0) is 23.8. The Morgan fingerprint density at radius 2 is 2.03 bits per heavy atom. The van der Waals surface area contributed by atoms with E-state index in [-0.39, 0.29) is 34.5 Å². The Balaban J connectivity index is 1.60. The van der Waals surface area contributed by atoms with Gasteiger partial charge in [0.1, 0.15) is 11.3 Å². The van der Waals surface area contributed by atoms with Gasteiger partial charge in [-0.1, -0.05) is 13.8 Å². The van der Waals surface area contributed by atoms with Crippen LogP contribution in [0.5, 0.6) is 5.75 Å². The van der Waals surface area contributed by atoms with Crippen molar-refractivity contribution in [2.75, 3.05) is 27.2 Å². The number of nitrogens with zero attached hydrogens (tertiary/aromatic N) is 4. The molecule has 0 radical (unpaired) electrons. The van der Waals surface area contributed by atoms with Crippen molar-refractivity contribution in [3.05, 3.63) is 44.3 Å². The normalized spacial score (nSPS) is 18.9. The lowest BCUT2D eigenvalue weighted by atomic mass is 9.96. The summed E-state index contributed by atoms with van der Waals surface area (Å²) in [6.07, 6.45) is 3.40. The number of thiazole rings is 1. The second-order valence-electron chi connectivity index (χ2n) is 9.07. The summed E-state index contributed by atoms with van der Waals surface area (Å²) in [6.45, 7) is 6.01. The maximum absolute atomic E-state index is 13.5. The molecule has 1 fully saturated rings. The highest BCUT2D eigenvalue weighted by molar-refractivity contribution is 7.07. The first-order valence-corrected chi connectivity index (χ1v) is 12.5. The summed E-state index contributed by atoms with van der Waals surface area (Å²) in [5.74, 6) is 0.311. The van der Waals surface area contributed by atoms with Crippen LogP contribution in [0.15, 0.2) is 21.8 Å². The number of methoxy groups -OCH3 is 1. The summed E-state index contributed by atoms with van der Waals surface area (Å²) in [4.78, 5) is 47.3. The fourth-order valence-corrected chi connectivity index (χ4v) is 5.68. The van der Waals surface area contributed by atoms with Gasteiger partial charge in [-0.2, -0.15) is 0 Å². The topological polar surface area (TPSA) is 84.7 Å². The van der Waals surface area contributed by atoms with Crippen molar-refractivity contribution < 1.29 is 14.3 Å². The molecule has 178 valence electrons. The molecular weight excluding hydrogens is 440 g/mol. The van der Waals surface area contributed by atoms with E-state index in [1.165, 1.54) is 24.5 Å². The Morgan fingerprint density at radius 1 is 1.27 bits per heavy atom. The second-order valence-corrected chi connectivity index (χ2v) is 9.79. The molecule has 3 heterocycles. The molecule has 2 aliphatic rings. The van der Waals surface area contributed by atoms with Gasteiger partial charge in [0.15, 0.2) is 0 Å². The fourth-order valence-electron chi connectivity index (χ4n) is 5.13. The lowest BCUT2D eigenvalue weighted by molar-refractivity contribution is -0.133. The second kappa shape index (κ2) is 9.29. The number of fused-ring (bicyclic) bond motifs is 1. The number of hydrogen-bond acceptors (Lipinski definition) is 6. The van der Waals surface area contributed by atoms with Gasteiger partial charge in [-0.05, 0) is 24.7 Å². The number of carbonyl (C=O) groups excluding carboxylic acids is 2. The summed E-state index contributed by atoms with van der Waals surface area (Å²) in [7, 11) is 3.19. The molecule has 2 aromatic heterocycles. The number of pyridine rings is 1. The smallest absolute Gasteiger partial charge is 0.259 e. The van der Waals surface area contributed by atoms with Crippen molar-refractivity contribution in [2.45, 2.75) is 52.6 Å². The van der Waals surface area contributed by atoms with Gasteiger partial charge < -0.3 is 19.1 Å². The van der Waals surface area contributed by atoms with Gasteiger partial charge in [0, 0.05) is 56.2 Å². The van der Waals surface area contributed by atoms with Crippen LogP contribution in [0.4, 0.5) is 0 Å². The van der Waals surface area contributed by atoms with Crippen LogP contribution in [-0.2, 0) is 24.3 Å². The number of amides is 2. The number of ether oxygens (including phenoxy) is 1. The molecule has 4 rings (SSSR count). The SMILES string of the molecule is CCC1(CC)CC1C(=O)N1CCc2c(C(=O)N(C)Cc3cscn3)c(OC)cc(=O)n2CC1. The molecule has 33 heavy (non-hydrogen) atoms. The van der Waals surface area contributed by atoms with E-state index >= 15 is 0 Å². The van der Waals surface area contributed by atoms with Crippen LogP contribution in [0, 0.1) is 11.3 Å². The Morgan fingerprint density at radius 3 is 2.64 bits per heavy atom. The predicted molar refractivity (Wildman–Crippen MR) is 127 cm³/mol. The van der Waals surface area contributed by atoms with E-state index in [0.717, 1.165) is 25.0 Å². The average Bonchev–Trinajstić information content (AvgIpc) is 3.43. The lowest BCUT2D eigenvalue weighted by Crippen LogP contribution is -2.36. The highest BCUT2D eigenvalue weighted by Gasteiger charge is 2.56. The molecule has 0 N–H and O–H groups in total. The van der Waals surface area contributed by atoms with Crippen LogP contribution >= 0.6 is 11.3 Å². The molecule has 0 bridgehead atoms. The molecule has 8 nitrogen and oxygen atoms in total. The van der Waals surface area contributed by atoms with Gasteiger partial charge in [-0.25, -0.2) is 4.98 Å². The molecule has 1 aliphatic carbocycles. The minimum Gasteiger partial charge on any atom is -0.496 e. The minimum atomic E-state index is -0.221. The molecule has 2 aromatic rings. The van der Waals surface area contributed by atoms with E-state index in [1.807, 2.05) is 10.3 Å². The van der Waals surface area contributed by atoms with Crippen LogP contribution in [0.1, 0.15) is 54.9 Å².